The Labute approximate surface area is 142 Å². The van der Waals surface area contributed by atoms with E-state index >= 15 is 0 Å². The monoisotopic (exact) mass is 368 g/mol. The minimum atomic E-state index is -3.19. The first kappa shape index (κ1) is 16.9. The zero-order valence-corrected chi connectivity index (χ0v) is 14.3. The highest BCUT2D eigenvalue weighted by atomic mass is 32.2. The van der Waals surface area contributed by atoms with Crippen LogP contribution in [0.15, 0.2) is 24.3 Å². The summed E-state index contributed by atoms with van der Waals surface area (Å²) in [5.74, 6) is -1.10. The molecule has 1 aromatic heterocycles. The predicted molar refractivity (Wildman–Crippen MR) is 92.0 cm³/mol. The van der Waals surface area contributed by atoms with E-state index in [1.165, 1.54) is 15.6 Å². The van der Waals surface area contributed by atoms with Crippen LogP contribution in [0, 0.1) is 0 Å². The molecular formula is C15H16N2O5S2. The number of thiophene rings is 1. The van der Waals surface area contributed by atoms with E-state index in [9.17, 15) is 18.0 Å². The van der Waals surface area contributed by atoms with E-state index in [4.69, 9.17) is 5.11 Å². The van der Waals surface area contributed by atoms with Crippen molar-refractivity contribution < 1.29 is 23.1 Å². The van der Waals surface area contributed by atoms with Crippen molar-refractivity contribution >= 4 is 49.0 Å². The first-order valence-corrected chi connectivity index (χ1v) is 9.82. The lowest BCUT2D eigenvalue weighted by Gasteiger charge is -2.13. The van der Waals surface area contributed by atoms with E-state index < -0.39 is 16.0 Å². The maximum atomic E-state index is 12.0. The Bertz CT molecular complexity index is 904. The van der Waals surface area contributed by atoms with E-state index in [0.717, 1.165) is 10.1 Å². The number of carboxylic acids is 1. The smallest absolute Gasteiger partial charge is 0.345 e. The lowest BCUT2D eigenvalue weighted by molar-refractivity contribution is -0.116. The lowest BCUT2D eigenvalue weighted by Crippen LogP contribution is -2.29. The zero-order chi connectivity index (χ0) is 17.3. The molecule has 2 heterocycles. The van der Waals surface area contributed by atoms with Crippen molar-refractivity contribution in [1.29, 1.82) is 0 Å². The van der Waals surface area contributed by atoms with Gasteiger partial charge < -0.3 is 10.4 Å². The fourth-order valence-corrected chi connectivity index (χ4v) is 5.03. The first-order chi connectivity index (χ1) is 11.3. The van der Waals surface area contributed by atoms with Gasteiger partial charge in [0.2, 0.25) is 15.9 Å². The Morgan fingerprint density at radius 1 is 1.29 bits per heavy atom. The van der Waals surface area contributed by atoms with Crippen LogP contribution in [0.4, 0.5) is 5.69 Å². The largest absolute Gasteiger partial charge is 0.477 e. The van der Waals surface area contributed by atoms with Gasteiger partial charge in [0.05, 0.1) is 5.75 Å². The van der Waals surface area contributed by atoms with E-state index in [2.05, 4.69) is 5.32 Å². The van der Waals surface area contributed by atoms with Crippen molar-refractivity contribution in [3.05, 3.63) is 29.1 Å². The molecule has 0 radical (unpaired) electrons. The highest BCUT2D eigenvalue weighted by molar-refractivity contribution is 7.89. The van der Waals surface area contributed by atoms with Gasteiger partial charge in [-0.25, -0.2) is 17.5 Å². The van der Waals surface area contributed by atoms with Crippen LogP contribution in [0.2, 0.25) is 0 Å². The minimum Gasteiger partial charge on any atom is -0.477 e. The number of carboxylic acid groups (broad SMARTS) is 1. The molecule has 1 aromatic carbocycles. The molecule has 1 aliphatic rings. The van der Waals surface area contributed by atoms with Gasteiger partial charge >= 0.3 is 5.97 Å². The summed E-state index contributed by atoms with van der Waals surface area (Å²) in [5.41, 5.74) is 0.562. The van der Waals surface area contributed by atoms with Crippen molar-refractivity contribution in [2.75, 3.05) is 24.2 Å². The standard InChI is InChI=1S/C15H16N2O5S2/c18-14(4-6-17-5-1-7-24(17,21)22)16-11-2-3-12-10(8-11)9-13(23-12)15(19)20/h2-3,8-9H,1,4-7H2,(H,16,18)(H,19,20). The second-order valence-corrected chi connectivity index (χ2v) is 8.71. The SMILES string of the molecule is O=C(CCN1CCCS1(=O)=O)Nc1ccc2sc(C(=O)O)cc2c1. The van der Waals surface area contributed by atoms with Crippen molar-refractivity contribution in [3.8, 4) is 0 Å². The summed E-state index contributed by atoms with van der Waals surface area (Å²) in [7, 11) is -3.19. The summed E-state index contributed by atoms with van der Waals surface area (Å²) in [5, 5.41) is 12.5. The molecule has 1 amide bonds. The number of anilines is 1. The number of hydrogen-bond donors (Lipinski definition) is 2. The maximum Gasteiger partial charge on any atom is 0.345 e. The summed E-state index contributed by atoms with van der Waals surface area (Å²) < 4.78 is 25.5. The fourth-order valence-electron chi connectivity index (χ4n) is 2.62. The van der Waals surface area contributed by atoms with Crippen LogP contribution >= 0.6 is 11.3 Å². The van der Waals surface area contributed by atoms with E-state index in [1.807, 2.05) is 0 Å². The second-order valence-electron chi connectivity index (χ2n) is 5.54. The summed E-state index contributed by atoms with van der Waals surface area (Å²) in [6.45, 7) is 0.645. The number of sulfonamides is 1. The summed E-state index contributed by atoms with van der Waals surface area (Å²) in [6, 6.07) is 6.74. The van der Waals surface area contributed by atoms with E-state index in [0.29, 0.717) is 18.7 Å². The summed E-state index contributed by atoms with van der Waals surface area (Å²) in [4.78, 5) is 23.2. The lowest BCUT2D eigenvalue weighted by atomic mass is 10.2. The van der Waals surface area contributed by atoms with Gasteiger partial charge in [0.25, 0.3) is 0 Å². The average molecular weight is 368 g/mol. The molecule has 0 atom stereocenters. The highest BCUT2D eigenvalue weighted by Crippen LogP contribution is 2.28. The Morgan fingerprint density at radius 3 is 2.75 bits per heavy atom. The number of aromatic carboxylic acids is 1. The van der Waals surface area contributed by atoms with Crippen LogP contribution < -0.4 is 5.32 Å². The molecule has 128 valence electrons. The molecule has 0 bridgehead atoms. The van der Waals surface area contributed by atoms with Gasteiger partial charge in [0.1, 0.15) is 4.88 Å². The Kier molecular flexibility index (Phi) is 4.57. The summed E-state index contributed by atoms with van der Waals surface area (Å²) >= 11 is 1.17. The second kappa shape index (κ2) is 6.50. The van der Waals surface area contributed by atoms with Gasteiger partial charge in [-0.05, 0) is 36.1 Å². The number of nitrogens with zero attached hydrogens (tertiary/aromatic N) is 1. The minimum absolute atomic E-state index is 0.0846. The molecule has 0 saturated carbocycles. The van der Waals surface area contributed by atoms with Crippen LogP contribution in [0.5, 0.6) is 0 Å². The van der Waals surface area contributed by atoms with Gasteiger partial charge in [-0.2, -0.15) is 0 Å². The third kappa shape index (κ3) is 3.58. The molecule has 3 rings (SSSR count). The van der Waals surface area contributed by atoms with Crippen LogP contribution in [0.25, 0.3) is 10.1 Å². The van der Waals surface area contributed by atoms with Gasteiger partial charge in [0.15, 0.2) is 0 Å². The van der Waals surface area contributed by atoms with Crippen molar-refractivity contribution in [1.82, 2.24) is 4.31 Å². The topological polar surface area (TPSA) is 104 Å². The van der Waals surface area contributed by atoms with Crippen LogP contribution in [0.3, 0.4) is 0 Å². The molecule has 2 aromatic rings. The normalized spacial score (nSPS) is 17.2. The molecule has 0 spiro atoms. The maximum absolute atomic E-state index is 12.0. The Balaban J connectivity index is 1.63. The number of fused-ring (bicyclic) bond motifs is 1. The number of rotatable bonds is 5. The number of carbonyl (C=O) groups is 2. The van der Waals surface area contributed by atoms with Gasteiger partial charge in [-0.15, -0.1) is 11.3 Å². The van der Waals surface area contributed by atoms with Gasteiger partial charge in [-0.3, -0.25) is 4.79 Å². The summed E-state index contributed by atoms with van der Waals surface area (Å²) in [6.07, 6.45) is 0.686. The zero-order valence-electron chi connectivity index (χ0n) is 12.7. The molecule has 1 aliphatic heterocycles. The molecule has 7 nitrogen and oxygen atoms in total. The molecule has 24 heavy (non-hydrogen) atoms. The fraction of sp³-hybridized carbons (Fsp3) is 0.333. The molecule has 0 aliphatic carbocycles. The van der Waals surface area contributed by atoms with Crippen LogP contribution in [-0.2, 0) is 14.8 Å². The Morgan fingerprint density at radius 2 is 2.08 bits per heavy atom. The highest BCUT2D eigenvalue weighted by Gasteiger charge is 2.28. The molecule has 1 saturated heterocycles. The van der Waals surface area contributed by atoms with E-state index in [-0.39, 0.29) is 29.5 Å². The van der Waals surface area contributed by atoms with Gasteiger partial charge in [0, 0.05) is 29.9 Å². The Hall–Kier alpha value is -1.97. The third-order valence-electron chi connectivity index (χ3n) is 3.80. The molecule has 1 fully saturated rings. The quantitative estimate of drug-likeness (QED) is 0.840. The van der Waals surface area contributed by atoms with Crippen LogP contribution in [-0.4, -0.2) is 48.5 Å². The number of carbonyl (C=O) groups excluding carboxylic acids is 1. The molecular weight excluding hydrogens is 352 g/mol. The number of benzene rings is 1. The third-order valence-corrected chi connectivity index (χ3v) is 6.86. The first-order valence-electron chi connectivity index (χ1n) is 7.40. The van der Waals surface area contributed by atoms with Crippen LogP contribution in [0.1, 0.15) is 22.5 Å². The number of nitrogens with one attached hydrogen (secondary N) is 1. The number of hydrogen-bond acceptors (Lipinski definition) is 5. The van der Waals surface area contributed by atoms with Crippen molar-refractivity contribution in [3.63, 3.8) is 0 Å². The van der Waals surface area contributed by atoms with Crippen molar-refractivity contribution in [2.24, 2.45) is 0 Å². The van der Waals surface area contributed by atoms with Crippen molar-refractivity contribution in [2.45, 2.75) is 12.8 Å². The van der Waals surface area contributed by atoms with E-state index in [1.54, 1.807) is 24.3 Å². The average Bonchev–Trinajstić information content (AvgIpc) is 3.07. The molecule has 9 heteroatoms. The molecule has 2 N–H and O–H groups in total. The predicted octanol–water partition coefficient (Wildman–Crippen LogP) is 1.96. The molecule has 0 unspecified atom stereocenters. The number of amides is 1. The van der Waals surface area contributed by atoms with Gasteiger partial charge in [-0.1, -0.05) is 0 Å².